The summed E-state index contributed by atoms with van der Waals surface area (Å²) >= 11 is 5.40. The Hall–Kier alpha value is -0.590. The zero-order valence-corrected chi connectivity index (χ0v) is 17.5. The maximum atomic E-state index is 12.3. The number of amides is 1. The minimum absolute atomic E-state index is 0.179. The number of likely N-dealkylation sites (tertiary alicyclic amines) is 1. The molecule has 1 aromatic heterocycles. The van der Waals surface area contributed by atoms with Gasteiger partial charge in [0.1, 0.15) is 11.2 Å². The van der Waals surface area contributed by atoms with Gasteiger partial charge in [0, 0.05) is 24.4 Å². The number of nitrogens with zero attached hydrogens (tertiary/aromatic N) is 1. The Labute approximate surface area is 156 Å². The summed E-state index contributed by atoms with van der Waals surface area (Å²) in [6.45, 7) is 11.3. The third kappa shape index (κ3) is 3.65. The molecule has 1 aromatic rings. The molecule has 0 unspecified atom stereocenters. The highest BCUT2D eigenvalue weighted by molar-refractivity contribution is 9.11. The monoisotopic (exact) mass is 415 g/mol. The Morgan fingerprint density at radius 2 is 1.96 bits per heavy atom. The third-order valence-corrected chi connectivity index (χ3v) is 6.37. The molecule has 1 saturated heterocycles. The van der Waals surface area contributed by atoms with E-state index < -0.39 is 5.60 Å². The van der Waals surface area contributed by atoms with Crippen LogP contribution in [0.15, 0.2) is 9.85 Å². The first kappa shape index (κ1) is 18.2. The second-order valence-corrected chi connectivity index (χ2v) is 10.8. The van der Waals surface area contributed by atoms with Gasteiger partial charge in [-0.2, -0.15) is 0 Å². The Morgan fingerprint density at radius 3 is 2.54 bits per heavy atom. The number of carbonyl (C=O) groups is 1. The summed E-state index contributed by atoms with van der Waals surface area (Å²) < 4.78 is 13.2. The summed E-state index contributed by atoms with van der Waals surface area (Å²) in [4.78, 5) is 15.5. The summed E-state index contributed by atoms with van der Waals surface area (Å²) in [6, 6.07) is 2.23. The normalized spacial score (nSPS) is 22.3. The van der Waals surface area contributed by atoms with Gasteiger partial charge in [-0.25, -0.2) is 4.79 Å². The lowest BCUT2D eigenvalue weighted by Crippen LogP contribution is -2.52. The molecule has 0 bridgehead atoms. The van der Waals surface area contributed by atoms with Crippen molar-refractivity contribution in [1.29, 1.82) is 0 Å². The summed E-state index contributed by atoms with van der Waals surface area (Å²) in [5.74, 6) is 0. The average molecular weight is 416 g/mol. The van der Waals surface area contributed by atoms with Crippen LogP contribution in [0.4, 0.5) is 4.79 Å². The van der Waals surface area contributed by atoms with Crippen molar-refractivity contribution in [1.82, 2.24) is 4.90 Å². The van der Waals surface area contributed by atoms with E-state index in [1.807, 2.05) is 25.7 Å². The van der Waals surface area contributed by atoms with Gasteiger partial charge in [-0.05, 0) is 75.0 Å². The lowest BCUT2D eigenvalue weighted by atomic mass is 9.81. The number of hydrogen-bond acceptors (Lipinski definition) is 4. The summed E-state index contributed by atoms with van der Waals surface area (Å²) in [5, 5.41) is 0. The molecule has 1 amide bonds. The third-order valence-electron chi connectivity index (χ3n) is 4.50. The van der Waals surface area contributed by atoms with Crippen LogP contribution >= 0.6 is 27.3 Å². The predicted octanol–water partition coefficient (Wildman–Crippen LogP) is 5.09. The highest BCUT2D eigenvalue weighted by Gasteiger charge is 2.48. The van der Waals surface area contributed by atoms with Gasteiger partial charge in [-0.1, -0.05) is 0 Å². The van der Waals surface area contributed by atoms with Crippen LogP contribution in [0.25, 0.3) is 0 Å². The van der Waals surface area contributed by atoms with Gasteiger partial charge in [0.2, 0.25) is 0 Å². The van der Waals surface area contributed by atoms with Crippen molar-refractivity contribution in [3.05, 3.63) is 20.3 Å². The first-order valence-electron chi connectivity index (χ1n) is 8.47. The minimum atomic E-state index is -0.457. The molecule has 3 heterocycles. The number of piperidine rings is 1. The molecule has 0 aliphatic carbocycles. The topological polar surface area (TPSA) is 38.8 Å². The van der Waals surface area contributed by atoms with Crippen molar-refractivity contribution in [3.8, 4) is 0 Å². The summed E-state index contributed by atoms with van der Waals surface area (Å²) in [5.41, 5.74) is 0.476. The molecule has 0 atom stereocenters. The number of thiophene rings is 1. The van der Waals surface area contributed by atoms with Gasteiger partial charge in [-0.15, -0.1) is 11.3 Å². The van der Waals surface area contributed by atoms with E-state index in [4.69, 9.17) is 9.47 Å². The lowest BCUT2D eigenvalue weighted by Gasteiger charge is -2.49. The molecule has 6 heteroatoms. The van der Waals surface area contributed by atoms with Crippen LogP contribution < -0.4 is 0 Å². The van der Waals surface area contributed by atoms with Gasteiger partial charge in [0.15, 0.2) is 0 Å². The molecule has 0 saturated carbocycles. The highest BCUT2D eigenvalue weighted by atomic mass is 79.9. The predicted molar refractivity (Wildman–Crippen MR) is 99.6 cm³/mol. The molecular weight excluding hydrogens is 390 g/mol. The van der Waals surface area contributed by atoms with Gasteiger partial charge in [0.05, 0.1) is 9.39 Å². The zero-order valence-electron chi connectivity index (χ0n) is 15.1. The SMILES string of the molecule is CC(C)(C)OC(=O)N1CCC2(CC1)OC(C)(C)Cc1cc(Br)sc12. The number of ether oxygens (including phenoxy) is 2. The van der Waals surface area contributed by atoms with E-state index in [0.717, 1.165) is 23.0 Å². The second-order valence-electron chi connectivity index (χ2n) is 8.41. The van der Waals surface area contributed by atoms with E-state index in [2.05, 4.69) is 35.8 Å². The van der Waals surface area contributed by atoms with E-state index in [1.165, 1.54) is 10.4 Å². The molecule has 24 heavy (non-hydrogen) atoms. The van der Waals surface area contributed by atoms with Gasteiger partial charge >= 0.3 is 6.09 Å². The quantitative estimate of drug-likeness (QED) is 0.592. The van der Waals surface area contributed by atoms with E-state index in [0.29, 0.717) is 13.1 Å². The standard InChI is InChI=1S/C18H26BrNO3S/c1-16(2,3)22-15(21)20-8-6-18(7-9-20)14-12(10-13(19)24-14)11-17(4,5)23-18/h10H,6-9,11H2,1-5H3. The van der Waals surface area contributed by atoms with Crippen LogP contribution in [0.2, 0.25) is 0 Å². The lowest BCUT2D eigenvalue weighted by molar-refractivity contribution is -0.175. The van der Waals surface area contributed by atoms with Crippen molar-refractivity contribution in [2.24, 2.45) is 0 Å². The number of hydrogen-bond donors (Lipinski definition) is 0. The van der Waals surface area contributed by atoms with Crippen molar-refractivity contribution in [3.63, 3.8) is 0 Å². The van der Waals surface area contributed by atoms with Crippen molar-refractivity contribution < 1.29 is 14.3 Å². The highest BCUT2D eigenvalue weighted by Crippen LogP contribution is 2.50. The first-order chi connectivity index (χ1) is 11.0. The van der Waals surface area contributed by atoms with Gasteiger partial charge < -0.3 is 14.4 Å². The van der Waals surface area contributed by atoms with Crippen LogP contribution in [0, 0.1) is 0 Å². The van der Waals surface area contributed by atoms with Gasteiger partial charge in [-0.3, -0.25) is 0 Å². The number of halogens is 1. The Balaban J connectivity index is 1.78. The fourth-order valence-electron chi connectivity index (χ4n) is 3.69. The van der Waals surface area contributed by atoms with Crippen LogP contribution in [-0.4, -0.2) is 35.3 Å². The summed E-state index contributed by atoms with van der Waals surface area (Å²) in [7, 11) is 0. The van der Waals surface area contributed by atoms with Crippen LogP contribution in [-0.2, 0) is 21.5 Å². The molecule has 0 aromatic carbocycles. The van der Waals surface area contributed by atoms with Crippen LogP contribution in [0.3, 0.4) is 0 Å². The van der Waals surface area contributed by atoms with E-state index >= 15 is 0 Å². The maximum absolute atomic E-state index is 12.3. The molecule has 134 valence electrons. The smallest absolute Gasteiger partial charge is 0.410 e. The second kappa shape index (κ2) is 5.99. The van der Waals surface area contributed by atoms with E-state index in [-0.39, 0.29) is 17.3 Å². The Kier molecular flexibility index (Phi) is 4.54. The molecule has 2 aliphatic rings. The fraction of sp³-hybridized carbons (Fsp3) is 0.722. The number of carbonyl (C=O) groups excluding carboxylic acids is 1. The molecular formula is C18H26BrNO3S. The molecule has 3 rings (SSSR count). The number of rotatable bonds is 0. The van der Waals surface area contributed by atoms with E-state index in [1.54, 1.807) is 11.3 Å². The van der Waals surface area contributed by atoms with Crippen LogP contribution in [0.1, 0.15) is 57.9 Å². The molecule has 0 N–H and O–H groups in total. The van der Waals surface area contributed by atoms with Crippen molar-refractivity contribution in [2.75, 3.05) is 13.1 Å². The molecule has 2 aliphatic heterocycles. The maximum Gasteiger partial charge on any atom is 0.410 e. The summed E-state index contributed by atoms with van der Waals surface area (Å²) in [6.07, 6.45) is 2.34. The molecule has 1 fully saturated rings. The average Bonchev–Trinajstić information content (AvgIpc) is 2.77. The molecule has 1 spiro atoms. The Morgan fingerprint density at radius 1 is 1.33 bits per heavy atom. The van der Waals surface area contributed by atoms with Gasteiger partial charge in [0.25, 0.3) is 0 Å². The largest absolute Gasteiger partial charge is 0.444 e. The fourth-order valence-corrected chi connectivity index (χ4v) is 5.54. The van der Waals surface area contributed by atoms with Crippen molar-refractivity contribution in [2.45, 2.75) is 70.7 Å². The first-order valence-corrected chi connectivity index (χ1v) is 10.1. The number of fused-ring (bicyclic) bond motifs is 2. The van der Waals surface area contributed by atoms with E-state index in [9.17, 15) is 4.79 Å². The van der Waals surface area contributed by atoms with Crippen LogP contribution in [0.5, 0.6) is 0 Å². The Bertz CT molecular complexity index is 639. The minimum Gasteiger partial charge on any atom is -0.444 e. The van der Waals surface area contributed by atoms with Crippen molar-refractivity contribution >= 4 is 33.4 Å². The molecule has 4 nitrogen and oxygen atoms in total. The zero-order chi connectivity index (χ0) is 17.8. The molecule has 0 radical (unpaired) electrons.